The molecule has 2 amide bonds. The van der Waals surface area contributed by atoms with Crippen LogP contribution in [0.1, 0.15) is 26.7 Å². The fourth-order valence-electron chi connectivity index (χ4n) is 2.23. The molecule has 0 heterocycles. The topological polar surface area (TPSA) is 95.5 Å². The van der Waals surface area contributed by atoms with Gasteiger partial charge in [-0.3, -0.25) is 0 Å². The van der Waals surface area contributed by atoms with E-state index in [1.807, 2.05) is 12.2 Å². The second kappa shape index (κ2) is 6.60. The number of hydrogen-bond donors (Lipinski definition) is 3. The maximum atomic E-state index is 14.0. The summed E-state index contributed by atoms with van der Waals surface area (Å²) in [5.41, 5.74) is -0.179. The zero-order chi connectivity index (χ0) is 18.1. The molecule has 1 atom stereocenters. The molecule has 1 aliphatic carbocycles. The Morgan fingerprint density at radius 3 is 2.62 bits per heavy atom. The number of hydrogen-bond acceptors (Lipinski definition) is 4. The van der Waals surface area contributed by atoms with Crippen molar-refractivity contribution in [2.75, 3.05) is 5.32 Å². The van der Waals surface area contributed by atoms with E-state index in [0.717, 1.165) is 26.7 Å². The van der Waals surface area contributed by atoms with Crippen molar-refractivity contribution in [3.8, 4) is 5.75 Å². The summed E-state index contributed by atoms with van der Waals surface area (Å²) in [4.78, 5) is 11.2. The Morgan fingerprint density at radius 2 is 2.08 bits per heavy atom. The van der Waals surface area contributed by atoms with Gasteiger partial charge >= 0.3 is 6.03 Å². The minimum atomic E-state index is -4.55. The van der Waals surface area contributed by atoms with Crippen molar-refractivity contribution in [2.45, 2.75) is 42.6 Å². The second-order valence-corrected chi connectivity index (χ2v) is 8.64. The largest absolute Gasteiger partial charge is 0.504 e. The molecule has 0 aromatic heterocycles. The lowest BCUT2D eigenvalue weighted by molar-refractivity contribution is 0.250. The summed E-state index contributed by atoms with van der Waals surface area (Å²) in [5, 5.41) is 12.2. The molecule has 0 saturated carbocycles. The summed E-state index contributed by atoms with van der Waals surface area (Å²) in [5.74, 6) is -0.801. The number of rotatable bonds is 4. The highest BCUT2D eigenvalue weighted by molar-refractivity contribution is 7.92. The predicted molar refractivity (Wildman–Crippen MR) is 89.8 cm³/mol. The fraction of sp³-hybridized carbons (Fsp3) is 0.400. The molecule has 1 aromatic carbocycles. The molecule has 0 radical (unpaired) electrons. The minimum Gasteiger partial charge on any atom is -0.504 e. The number of carbonyl (C=O) groups excluding carboxylic acids is 1. The Kier molecular flexibility index (Phi) is 5.10. The molecule has 0 aliphatic heterocycles. The van der Waals surface area contributed by atoms with Crippen molar-refractivity contribution in [2.24, 2.45) is 0 Å². The van der Waals surface area contributed by atoms with Gasteiger partial charge in [0.15, 0.2) is 5.75 Å². The van der Waals surface area contributed by atoms with Crippen LogP contribution in [0.4, 0.5) is 14.9 Å². The highest BCUT2D eigenvalue weighted by Gasteiger charge is 2.40. The van der Waals surface area contributed by atoms with Gasteiger partial charge in [0.25, 0.3) is 0 Å². The standard InChI is InChI=1S/C15H18ClFN2O4S/c1-15(2,17)24(22,23)13-10(16)7-8-11(12(13)20)19-14(21)18-9-5-3-4-6-9/h3,5,7-9,20H,4,6H2,1-2H3,(H2,18,19,21). The Morgan fingerprint density at radius 1 is 1.42 bits per heavy atom. The van der Waals surface area contributed by atoms with Crippen LogP contribution in [-0.4, -0.2) is 30.6 Å². The summed E-state index contributed by atoms with van der Waals surface area (Å²) < 4.78 is 38.5. The molecule has 0 saturated heterocycles. The zero-order valence-electron chi connectivity index (χ0n) is 13.1. The van der Waals surface area contributed by atoms with Gasteiger partial charge in [-0.1, -0.05) is 23.8 Å². The van der Waals surface area contributed by atoms with E-state index in [9.17, 15) is 22.7 Å². The summed E-state index contributed by atoms with van der Waals surface area (Å²) in [6.45, 7) is 1.69. The molecule has 3 N–H and O–H groups in total. The van der Waals surface area contributed by atoms with E-state index in [2.05, 4.69) is 10.6 Å². The lowest BCUT2D eigenvalue weighted by atomic mass is 10.2. The van der Waals surface area contributed by atoms with Crippen LogP contribution in [0.3, 0.4) is 0 Å². The van der Waals surface area contributed by atoms with Gasteiger partial charge in [-0.2, -0.15) is 0 Å². The van der Waals surface area contributed by atoms with Crippen molar-refractivity contribution in [1.29, 1.82) is 0 Å². The molecule has 1 aromatic rings. The van der Waals surface area contributed by atoms with Crippen LogP contribution in [0.15, 0.2) is 29.2 Å². The third kappa shape index (κ3) is 3.64. The van der Waals surface area contributed by atoms with E-state index in [0.29, 0.717) is 0 Å². The Hall–Kier alpha value is -1.80. The molecule has 1 aliphatic rings. The van der Waals surface area contributed by atoms with E-state index < -0.39 is 31.5 Å². The van der Waals surface area contributed by atoms with Gasteiger partial charge in [0, 0.05) is 6.04 Å². The first kappa shape index (κ1) is 18.5. The maximum absolute atomic E-state index is 14.0. The number of nitrogens with one attached hydrogen (secondary N) is 2. The van der Waals surface area contributed by atoms with E-state index in [-0.39, 0.29) is 16.8 Å². The smallest absolute Gasteiger partial charge is 0.319 e. The van der Waals surface area contributed by atoms with Crippen LogP contribution in [0, 0.1) is 0 Å². The van der Waals surface area contributed by atoms with Gasteiger partial charge in [-0.25, -0.2) is 17.6 Å². The summed E-state index contributed by atoms with van der Waals surface area (Å²) >= 11 is 5.82. The van der Waals surface area contributed by atoms with Gasteiger partial charge < -0.3 is 15.7 Å². The van der Waals surface area contributed by atoms with Crippen molar-refractivity contribution in [1.82, 2.24) is 5.32 Å². The number of alkyl halides is 1. The number of phenols is 1. The van der Waals surface area contributed by atoms with Crippen LogP contribution in [-0.2, 0) is 9.84 Å². The maximum Gasteiger partial charge on any atom is 0.319 e. The van der Waals surface area contributed by atoms with Crippen LogP contribution in [0.25, 0.3) is 0 Å². The monoisotopic (exact) mass is 376 g/mol. The van der Waals surface area contributed by atoms with Crippen molar-refractivity contribution in [3.63, 3.8) is 0 Å². The Bertz CT molecular complexity index is 787. The molecule has 0 bridgehead atoms. The number of sulfone groups is 1. The Balaban J connectivity index is 2.32. The first-order valence-electron chi connectivity index (χ1n) is 7.23. The van der Waals surface area contributed by atoms with E-state index in [1.54, 1.807) is 0 Å². The molecule has 2 rings (SSSR count). The van der Waals surface area contributed by atoms with Gasteiger partial charge in [-0.05, 0) is 38.8 Å². The van der Waals surface area contributed by atoms with Gasteiger partial charge in [0.05, 0.1) is 10.7 Å². The first-order valence-corrected chi connectivity index (χ1v) is 9.09. The number of anilines is 1. The molecular formula is C15H18ClFN2O4S. The van der Waals surface area contributed by atoms with Crippen LogP contribution in [0.2, 0.25) is 5.02 Å². The van der Waals surface area contributed by atoms with Crippen LogP contribution < -0.4 is 10.6 Å². The minimum absolute atomic E-state index is 0.132. The van der Waals surface area contributed by atoms with E-state index >= 15 is 0 Å². The Labute approximate surface area is 144 Å². The van der Waals surface area contributed by atoms with Gasteiger partial charge in [0.2, 0.25) is 14.8 Å². The van der Waals surface area contributed by atoms with Gasteiger partial charge in [-0.15, -0.1) is 0 Å². The predicted octanol–water partition coefficient (Wildman–Crippen LogP) is 3.37. The molecule has 1 unspecified atom stereocenters. The fourth-order valence-corrected chi connectivity index (χ4v) is 3.86. The lowest BCUT2D eigenvalue weighted by Crippen LogP contribution is -2.35. The lowest BCUT2D eigenvalue weighted by Gasteiger charge is -2.19. The van der Waals surface area contributed by atoms with Gasteiger partial charge in [0.1, 0.15) is 4.90 Å². The quantitative estimate of drug-likeness (QED) is 0.554. The second-order valence-electron chi connectivity index (χ2n) is 5.85. The molecule has 132 valence electrons. The number of urea groups is 1. The third-order valence-corrected chi connectivity index (χ3v) is 6.22. The highest BCUT2D eigenvalue weighted by atomic mass is 35.5. The average molecular weight is 377 g/mol. The zero-order valence-corrected chi connectivity index (χ0v) is 14.7. The van der Waals surface area contributed by atoms with Crippen molar-refractivity contribution < 1.29 is 22.7 Å². The normalized spacial score (nSPS) is 17.8. The third-order valence-electron chi connectivity index (χ3n) is 3.57. The number of amides is 2. The summed E-state index contributed by atoms with van der Waals surface area (Å²) in [6.07, 6.45) is 5.38. The average Bonchev–Trinajstić information content (AvgIpc) is 2.93. The number of carbonyl (C=O) groups is 1. The molecule has 6 nitrogen and oxygen atoms in total. The van der Waals surface area contributed by atoms with E-state index in [1.165, 1.54) is 12.1 Å². The number of halogens is 2. The van der Waals surface area contributed by atoms with Crippen molar-refractivity contribution >= 4 is 33.2 Å². The number of phenolic OH excluding ortho intramolecular Hbond substituents is 1. The number of aromatic hydroxyl groups is 1. The van der Waals surface area contributed by atoms with Crippen LogP contribution in [0.5, 0.6) is 5.75 Å². The summed E-state index contributed by atoms with van der Waals surface area (Å²) in [7, 11) is -4.55. The van der Waals surface area contributed by atoms with E-state index in [4.69, 9.17) is 11.6 Å². The SMILES string of the molecule is CC(C)(F)S(=O)(=O)c1c(Cl)ccc(NC(=O)NC2C=CCC2)c1O. The molecular weight excluding hydrogens is 359 g/mol. The molecule has 0 fully saturated rings. The molecule has 9 heteroatoms. The number of allylic oxidation sites excluding steroid dienone is 1. The van der Waals surface area contributed by atoms with Crippen LogP contribution >= 0.6 is 11.6 Å². The molecule has 24 heavy (non-hydrogen) atoms. The summed E-state index contributed by atoms with van der Waals surface area (Å²) in [6, 6.07) is 1.66. The number of benzene rings is 1. The first-order chi connectivity index (χ1) is 11.0. The highest BCUT2D eigenvalue weighted by Crippen LogP contribution is 2.41. The van der Waals surface area contributed by atoms with Crippen molar-refractivity contribution in [3.05, 3.63) is 29.3 Å². The molecule has 0 spiro atoms.